The molecule has 0 aromatic heterocycles. The van der Waals surface area contributed by atoms with Crippen molar-refractivity contribution in [1.82, 2.24) is 9.80 Å². The molecule has 0 aliphatic carbocycles. The van der Waals surface area contributed by atoms with E-state index in [1.54, 1.807) is 31.2 Å². The summed E-state index contributed by atoms with van der Waals surface area (Å²) in [4.78, 5) is 28.0. The van der Waals surface area contributed by atoms with Gasteiger partial charge in [0.1, 0.15) is 6.10 Å². The first-order chi connectivity index (χ1) is 13.1. The van der Waals surface area contributed by atoms with E-state index >= 15 is 0 Å². The molecule has 3 rings (SSSR count). The molecule has 1 amide bonds. The number of piperazine rings is 1. The van der Waals surface area contributed by atoms with Crippen LogP contribution in [-0.2, 0) is 14.3 Å². The number of rotatable bonds is 4. The van der Waals surface area contributed by atoms with E-state index in [0.29, 0.717) is 50.1 Å². The van der Waals surface area contributed by atoms with Crippen molar-refractivity contribution in [3.05, 3.63) is 29.8 Å². The largest absolute Gasteiger partial charge is 0.462 e. The van der Waals surface area contributed by atoms with Crippen molar-refractivity contribution in [3.8, 4) is 0 Å². The summed E-state index contributed by atoms with van der Waals surface area (Å²) in [5.41, 5.74) is 1.32. The zero-order valence-electron chi connectivity index (χ0n) is 15.5. The van der Waals surface area contributed by atoms with Crippen LogP contribution in [0.2, 0.25) is 0 Å². The quantitative estimate of drug-likeness (QED) is 0.621. The average molecular weight is 391 g/mol. The van der Waals surface area contributed by atoms with Crippen molar-refractivity contribution in [3.63, 3.8) is 0 Å². The van der Waals surface area contributed by atoms with Gasteiger partial charge in [-0.3, -0.25) is 4.79 Å². The third-order valence-corrected chi connectivity index (χ3v) is 5.09. The van der Waals surface area contributed by atoms with Gasteiger partial charge in [-0.1, -0.05) is 0 Å². The molecule has 1 N–H and O–H groups in total. The molecule has 2 aliphatic heterocycles. The minimum absolute atomic E-state index is 0.0978. The van der Waals surface area contributed by atoms with Crippen LogP contribution in [0.1, 0.15) is 30.1 Å². The topological polar surface area (TPSA) is 71.1 Å². The number of carbonyl (C=O) groups excluding carboxylic acids is 2. The summed E-state index contributed by atoms with van der Waals surface area (Å²) in [5.74, 6) is -0.237. The van der Waals surface area contributed by atoms with Gasteiger partial charge in [-0.2, -0.15) is 0 Å². The van der Waals surface area contributed by atoms with Crippen LogP contribution in [0.25, 0.3) is 0 Å². The Morgan fingerprint density at radius 3 is 2.44 bits per heavy atom. The number of esters is 1. The van der Waals surface area contributed by atoms with E-state index in [1.807, 2.05) is 9.80 Å². The van der Waals surface area contributed by atoms with Gasteiger partial charge in [-0.15, -0.1) is 0 Å². The molecule has 146 valence electrons. The van der Waals surface area contributed by atoms with Gasteiger partial charge >= 0.3 is 5.97 Å². The SMILES string of the molecule is CCOC(=O)c1ccc(NC(=S)N2CCN(C(=O)[C@H]3CCCO3)CC2)cc1. The van der Waals surface area contributed by atoms with Crippen LogP contribution in [0.3, 0.4) is 0 Å². The highest BCUT2D eigenvalue weighted by Crippen LogP contribution is 2.17. The Morgan fingerprint density at radius 2 is 1.85 bits per heavy atom. The van der Waals surface area contributed by atoms with Crippen molar-refractivity contribution in [2.24, 2.45) is 0 Å². The second kappa shape index (κ2) is 9.14. The van der Waals surface area contributed by atoms with Crippen molar-refractivity contribution in [1.29, 1.82) is 0 Å². The van der Waals surface area contributed by atoms with Crippen molar-refractivity contribution < 1.29 is 19.1 Å². The van der Waals surface area contributed by atoms with E-state index in [2.05, 4.69) is 5.32 Å². The lowest BCUT2D eigenvalue weighted by atomic mass is 10.2. The fourth-order valence-electron chi connectivity index (χ4n) is 3.21. The summed E-state index contributed by atoms with van der Waals surface area (Å²) in [6.07, 6.45) is 1.51. The first-order valence-electron chi connectivity index (χ1n) is 9.32. The Kier molecular flexibility index (Phi) is 6.63. The summed E-state index contributed by atoms with van der Waals surface area (Å²) in [7, 11) is 0. The van der Waals surface area contributed by atoms with E-state index in [1.165, 1.54) is 0 Å². The molecule has 1 aromatic rings. The van der Waals surface area contributed by atoms with Crippen molar-refractivity contribution >= 4 is 34.9 Å². The van der Waals surface area contributed by atoms with Crippen LogP contribution >= 0.6 is 12.2 Å². The predicted molar refractivity (Wildman–Crippen MR) is 106 cm³/mol. The highest BCUT2D eigenvalue weighted by atomic mass is 32.1. The lowest BCUT2D eigenvalue weighted by Crippen LogP contribution is -2.53. The summed E-state index contributed by atoms with van der Waals surface area (Å²) in [6.45, 7) is 5.46. The molecule has 7 nitrogen and oxygen atoms in total. The molecule has 0 spiro atoms. The summed E-state index contributed by atoms with van der Waals surface area (Å²) in [6, 6.07) is 7.02. The molecule has 2 aliphatic rings. The summed E-state index contributed by atoms with van der Waals surface area (Å²) < 4.78 is 10.5. The number of thiocarbonyl (C=S) groups is 1. The Hall–Kier alpha value is -2.19. The van der Waals surface area contributed by atoms with Crippen molar-refractivity contribution in [2.75, 3.05) is 44.7 Å². The Bertz CT molecular complexity index is 681. The van der Waals surface area contributed by atoms with Crippen LogP contribution in [0.5, 0.6) is 0 Å². The maximum absolute atomic E-state index is 12.4. The zero-order chi connectivity index (χ0) is 19.2. The standard InChI is InChI=1S/C19H25N3O4S/c1-2-25-18(24)14-5-7-15(8-6-14)20-19(27)22-11-9-21(10-12-22)17(23)16-4-3-13-26-16/h5-8,16H,2-4,9-13H2,1H3,(H,20,27)/t16-/m1/s1. The fraction of sp³-hybridized carbons (Fsp3) is 0.526. The molecule has 0 unspecified atom stereocenters. The normalized spacial score (nSPS) is 19.7. The molecular weight excluding hydrogens is 366 g/mol. The smallest absolute Gasteiger partial charge is 0.338 e. The van der Waals surface area contributed by atoms with Gasteiger partial charge in [0, 0.05) is 38.5 Å². The van der Waals surface area contributed by atoms with Gasteiger partial charge in [-0.05, 0) is 56.2 Å². The van der Waals surface area contributed by atoms with Gasteiger partial charge in [0.2, 0.25) is 0 Å². The number of amides is 1. The number of carbonyl (C=O) groups is 2. The van der Waals surface area contributed by atoms with E-state index in [0.717, 1.165) is 18.5 Å². The number of anilines is 1. The molecule has 8 heteroatoms. The minimum atomic E-state index is -0.335. The zero-order valence-corrected chi connectivity index (χ0v) is 16.3. The maximum atomic E-state index is 12.4. The highest BCUT2D eigenvalue weighted by molar-refractivity contribution is 7.80. The first-order valence-corrected chi connectivity index (χ1v) is 9.73. The molecular formula is C19H25N3O4S. The van der Waals surface area contributed by atoms with E-state index in [4.69, 9.17) is 21.7 Å². The molecule has 1 atom stereocenters. The number of ether oxygens (including phenoxy) is 2. The highest BCUT2D eigenvalue weighted by Gasteiger charge is 2.30. The van der Waals surface area contributed by atoms with Crippen LogP contribution in [0.4, 0.5) is 5.69 Å². The molecule has 1 aromatic carbocycles. The molecule has 27 heavy (non-hydrogen) atoms. The van der Waals surface area contributed by atoms with Gasteiger partial charge in [0.05, 0.1) is 12.2 Å². The molecule has 0 bridgehead atoms. The van der Waals surface area contributed by atoms with Gasteiger partial charge < -0.3 is 24.6 Å². The Morgan fingerprint density at radius 1 is 1.19 bits per heavy atom. The van der Waals surface area contributed by atoms with Crippen molar-refractivity contribution in [2.45, 2.75) is 25.9 Å². The van der Waals surface area contributed by atoms with E-state index < -0.39 is 0 Å². The van der Waals surface area contributed by atoms with E-state index in [9.17, 15) is 9.59 Å². The van der Waals surface area contributed by atoms with Gasteiger partial charge in [-0.25, -0.2) is 4.79 Å². The number of hydrogen-bond acceptors (Lipinski definition) is 5. The first kappa shape index (κ1) is 19.6. The second-order valence-corrected chi connectivity index (χ2v) is 6.93. The molecule has 0 radical (unpaired) electrons. The minimum Gasteiger partial charge on any atom is -0.462 e. The average Bonchev–Trinajstić information content (AvgIpc) is 3.23. The van der Waals surface area contributed by atoms with E-state index in [-0.39, 0.29) is 18.0 Å². The van der Waals surface area contributed by atoms with Gasteiger partial charge in [0.25, 0.3) is 5.91 Å². The molecule has 2 heterocycles. The number of nitrogens with zero attached hydrogens (tertiary/aromatic N) is 2. The number of hydrogen-bond donors (Lipinski definition) is 1. The monoisotopic (exact) mass is 391 g/mol. The maximum Gasteiger partial charge on any atom is 0.338 e. The third kappa shape index (κ3) is 4.95. The Balaban J connectivity index is 1.48. The third-order valence-electron chi connectivity index (χ3n) is 4.73. The fourth-order valence-corrected chi connectivity index (χ4v) is 3.51. The van der Waals surface area contributed by atoms with Crippen LogP contribution in [-0.4, -0.2) is 72.3 Å². The van der Waals surface area contributed by atoms with Crippen LogP contribution < -0.4 is 5.32 Å². The number of benzene rings is 1. The second-order valence-electron chi connectivity index (χ2n) is 6.54. The summed E-state index contributed by atoms with van der Waals surface area (Å²) >= 11 is 5.49. The molecule has 2 saturated heterocycles. The van der Waals surface area contributed by atoms with Crippen LogP contribution in [0.15, 0.2) is 24.3 Å². The summed E-state index contributed by atoms with van der Waals surface area (Å²) in [5, 5.41) is 3.80. The lowest BCUT2D eigenvalue weighted by molar-refractivity contribution is -0.142. The molecule has 2 fully saturated rings. The Labute approximate surface area is 164 Å². The predicted octanol–water partition coefficient (Wildman–Crippen LogP) is 1.88. The van der Waals surface area contributed by atoms with Crippen LogP contribution in [0, 0.1) is 0 Å². The number of nitrogens with one attached hydrogen (secondary N) is 1. The lowest BCUT2D eigenvalue weighted by Gasteiger charge is -2.37. The van der Waals surface area contributed by atoms with Gasteiger partial charge in [0.15, 0.2) is 5.11 Å². The molecule has 0 saturated carbocycles.